The predicted molar refractivity (Wildman–Crippen MR) is 97.3 cm³/mol. The summed E-state index contributed by atoms with van der Waals surface area (Å²) >= 11 is 0. The number of hydrogen-bond acceptors (Lipinski definition) is 5. The molecule has 7 heteroatoms. The molecular formula is C19H19N3O4. The van der Waals surface area contributed by atoms with E-state index in [-0.39, 0.29) is 24.0 Å². The van der Waals surface area contributed by atoms with Crippen molar-refractivity contribution in [1.29, 1.82) is 0 Å². The van der Waals surface area contributed by atoms with Gasteiger partial charge >= 0.3 is 0 Å². The van der Waals surface area contributed by atoms with Gasteiger partial charge in [0.25, 0.3) is 0 Å². The van der Waals surface area contributed by atoms with Gasteiger partial charge in [-0.3, -0.25) is 9.59 Å². The zero-order valence-corrected chi connectivity index (χ0v) is 14.3. The average molecular weight is 353 g/mol. The molecule has 1 heterocycles. The van der Waals surface area contributed by atoms with Crippen molar-refractivity contribution in [2.45, 2.75) is 6.42 Å². The topological polar surface area (TPSA) is 91.2 Å². The van der Waals surface area contributed by atoms with Gasteiger partial charge in [0.2, 0.25) is 11.8 Å². The molecule has 2 N–H and O–H groups in total. The second kappa shape index (κ2) is 7.69. The third kappa shape index (κ3) is 3.83. The van der Waals surface area contributed by atoms with Crippen molar-refractivity contribution in [1.82, 2.24) is 5.43 Å². The number of rotatable bonds is 5. The van der Waals surface area contributed by atoms with Crippen LogP contribution in [0.4, 0.5) is 5.69 Å². The van der Waals surface area contributed by atoms with Crippen molar-refractivity contribution in [3.05, 3.63) is 54.1 Å². The smallest absolute Gasteiger partial charge is 0.245 e. The summed E-state index contributed by atoms with van der Waals surface area (Å²) in [7, 11) is 1.58. The summed E-state index contributed by atoms with van der Waals surface area (Å²) in [5.74, 6) is -0.146. The number of nitrogens with one attached hydrogen (secondary N) is 1. The van der Waals surface area contributed by atoms with Crippen LogP contribution in [0.1, 0.15) is 12.0 Å². The van der Waals surface area contributed by atoms with Crippen LogP contribution in [-0.4, -0.2) is 36.8 Å². The second-order valence-corrected chi connectivity index (χ2v) is 5.90. The molecule has 1 saturated heterocycles. The highest BCUT2D eigenvalue weighted by Crippen LogP contribution is 2.26. The van der Waals surface area contributed by atoms with Crippen LogP contribution in [0.2, 0.25) is 0 Å². The number of nitrogens with zero attached hydrogens (tertiary/aromatic N) is 2. The Morgan fingerprint density at radius 2 is 2.00 bits per heavy atom. The molecule has 134 valence electrons. The fraction of sp³-hybridized carbons (Fsp3) is 0.211. The van der Waals surface area contributed by atoms with Gasteiger partial charge in [0.1, 0.15) is 11.5 Å². The first-order valence-corrected chi connectivity index (χ1v) is 8.14. The van der Waals surface area contributed by atoms with Crippen LogP contribution in [0.25, 0.3) is 0 Å². The van der Waals surface area contributed by atoms with Crippen molar-refractivity contribution in [2.75, 3.05) is 18.6 Å². The summed E-state index contributed by atoms with van der Waals surface area (Å²) in [6.07, 6.45) is 1.50. The number of para-hydroxylation sites is 1. The highest BCUT2D eigenvalue weighted by Gasteiger charge is 2.35. The lowest BCUT2D eigenvalue weighted by Gasteiger charge is -2.16. The number of carbonyl (C=O) groups is 2. The van der Waals surface area contributed by atoms with Crippen LogP contribution in [0.5, 0.6) is 11.5 Å². The molecule has 1 aliphatic heterocycles. The maximum atomic E-state index is 12.3. The maximum Gasteiger partial charge on any atom is 0.245 e. The van der Waals surface area contributed by atoms with E-state index in [4.69, 9.17) is 4.74 Å². The molecular weight excluding hydrogens is 334 g/mol. The van der Waals surface area contributed by atoms with Gasteiger partial charge < -0.3 is 14.7 Å². The largest absolute Gasteiger partial charge is 0.507 e. The molecule has 0 saturated carbocycles. The Morgan fingerprint density at radius 3 is 2.69 bits per heavy atom. The quantitative estimate of drug-likeness (QED) is 0.634. The first-order valence-electron chi connectivity index (χ1n) is 8.14. The van der Waals surface area contributed by atoms with Crippen molar-refractivity contribution >= 4 is 23.7 Å². The second-order valence-electron chi connectivity index (χ2n) is 5.90. The van der Waals surface area contributed by atoms with Crippen LogP contribution in [0, 0.1) is 5.92 Å². The Kier molecular flexibility index (Phi) is 5.17. The third-order valence-corrected chi connectivity index (χ3v) is 4.20. The van der Waals surface area contributed by atoms with E-state index in [2.05, 4.69) is 10.5 Å². The minimum atomic E-state index is -0.480. The van der Waals surface area contributed by atoms with Gasteiger partial charge in [-0.15, -0.1) is 0 Å². The van der Waals surface area contributed by atoms with E-state index in [1.165, 1.54) is 12.3 Å². The number of amides is 2. The molecule has 2 aromatic rings. The lowest BCUT2D eigenvalue weighted by molar-refractivity contribution is -0.126. The number of hydrogen-bond donors (Lipinski definition) is 2. The molecule has 3 rings (SSSR count). The third-order valence-electron chi connectivity index (χ3n) is 4.20. The van der Waals surface area contributed by atoms with E-state index in [9.17, 15) is 14.7 Å². The molecule has 26 heavy (non-hydrogen) atoms. The lowest BCUT2D eigenvalue weighted by Crippen LogP contribution is -2.30. The zero-order valence-electron chi connectivity index (χ0n) is 14.3. The van der Waals surface area contributed by atoms with Crippen molar-refractivity contribution < 1.29 is 19.4 Å². The van der Waals surface area contributed by atoms with Gasteiger partial charge in [-0.05, 0) is 36.4 Å². The van der Waals surface area contributed by atoms with E-state index >= 15 is 0 Å². The number of carbonyl (C=O) groups excluding carboxylic acids is 2. The number of anilines is 1. The SMILES string of the molecule is COc1ccc(N2C[C@@H](C(=O)N/N=C/c3ccccc3O)CC2=O)cc1. The highest BCUT2D eigenvalue weighted by molar-refractivity contribution is 6.00. The Bertz CT molecular complexity index is 833. The Balaban J connectivity index is 1.60. The summed E-state index contributed by atoms with van der Waals surface area (Å²) < 4.78 is 5.11. The molecule has 0 spiro atoms. The number of aromatic hydroxyl groups is 1. The van der Waals surface area contributed by atoms with Crippen LogP contribution in [-0.2, 0) is 9.59 Å². The zero-order chi connectivity index (χ0) is 18.5. The maximum absolute atomic E-state index is 12.3. The van der Waals surface area contributed by atoms with Crippen molar-refractivity contribution in [3.8, 4) is 11.5 Å². The molecule has 0 aromatic heterocycles. The first-order chi connectivity index (χ1) is 12.6. The van der Waals surface area contributed by atoms with E-state index in [0.29, 0.717) is 17.9 Å². The Hall–Kier alpha value is -3.35. The van der Waals surface area contributed by atoms with Crippen LogP contribution >= 0.6 is 0 Å². The average Bonchev–Trinajstić information content (AvgIpc) is 3.05. The summed E-state index contributed by atoms with van der Waals surface area (Å²) in [6.45, 7) is 0.295. The minimum absolute atomic E-state index is 0.0761. The van der Waals surface area contributed by atoms with Crippen LogP contribution in [0.15, 0.2) is 53.6 Å². The summed E-state index contributed by atoms with van der Waals surface area (Å²) in [5.41, 5.74) is 3.65. The molecule has 2 amide bonds. The number of ether oxygens (including phenoxy) is 1. The number of phenolic OH excluding ortho intramolecular Hbond substituents is 1. The van der Waals surface area contributed by atoms with Gasteiger partial charge in [0.05, 0.1) is 19.2 Å². The van der Waals surface area contributed by atoms with Gasteiger partial charge in [-0.1, -0.05) is 12.1 Å². The number of methoxy groups -OCH3 is 1. The minimum Gasteiger partial charge on any atom is -0.507 e. The van der Waals surface area contributed by atoms with E-state index < -0.39 is 5.92 Å². The highest BCUT2D eigenvalue weighted by atomic mass is 16.5. The lowest BCUT2D eigenvalue weighted by atomic mass is 10.1. The van der Waals surface area contributed by atoms with Crippen LogP contribution < -0.4 is 15.1 Å². The summed E-state index contributed by atoms with van der Waals surface area (Å²) in [6, 6.07) is 13.8. The molecule has 2 aromatic carbocycles. The van der Waals surface area contributed by atoms with E-state index in [1.807, 2.05) is 0 Å². The molecule has 7 nitrogen and oxygen atoms in total. The molecule has 1 atom stereocenters. The standard InChI is InChI=1S/C19H19N3O4/c1-26-16-8-6-15(7-9-16)22-12-14(10-18(22)24)19(25)21-20-11-13-4-2-3-5-17(13)23/h2-9,11,14,23H,10,12H2,1H3,(H,21,25)/b20-11+/t14-/m0/s1. The molecule has 0 unspecified atom stereocenters. The number of phenols is 1. The fourth-order valence-corrected chi connectivity index (χ4v) is 2.75. The van der Waals surface area contributed by atoms with Gasteiger partial charge in [0, 0.05) is 24.2 Å². The Labute approximate surface area is 150 Å². The number of benzene rings is 2. The number of hydrazone groups is 1. The van der Waals surface area contributed by atoms with Gasteiger partial charge in [-0.25, -0.2) is 5.43 Å². The van der Waals surface area contributed by atoms with Crippen molar-refractivity contribution in [3.63, 3.8) is 0 Å². The fourth-order valence-electron chi connectivity index (χ4n) is 2.75. The summed E-state index contributed by atoms with van der Waals surface area (Å²) in [5, 5.41) is 13.5. The molecule has 1 fully saturated rings. The van der Waals surface area contributed by atoms with Gasteiger partial charge in [-0.2, -0.15) is 5.10 Å². The van der Waals surface area contributed by atoms with Gasteiger partial charge in [0.15, 0.2) is 0 Å². The molecule has 0 radical (unpaired) electrons. The normalized spacial score (nSPS) is 16.9. The van der Waals surface area contributed by atoms with E-state index in [0.717, 1.165) is 5.69 Å². The summed E-state index contributed by atoms with van der Waals surface area (Å²) in [4.78, 5) is 26.1. The Morgan fingerprint density at radius 1 is 1.27 bits per heavy atom. The van der Waals surface area contributed by atoms with Crippen LogP contribution in [0.3, 0.4) is 0 Å². The monoisotopic (exact) mass is 353 g/mol. The molecule has 0 aliphatic carbocycles. The first kappa shape index (κ1) is 17.5. The van der Waals surface area contributed by atoms with Crippen molar-refractivity contribution in [2.24, 2.45) is 11.0 Å². The molecule has 0 bridgehead atoms. The van der Waals surface area contributed by atoms with E-state index in [1.54, 1.807) is 54.5 Å². The predicted octanol–water partition coefficient (Wildman–Crippen LogP) is 1.90. The molecule has 1 aliphatic rings.